The SMILES string of the molecule is O=c1[nH]c2ccccc2nc1CN(Cc1ccccc1)Cc1ccco1. The van der Waals surface area contributed by atoms with Gasteiger partial charge in [0.2, 0.25) is 0 Å². The van der Waals surface area contributed by atoms with Crippen molar-refractivity contribution in [2.75, 3.05) is 0 Å². The summed E-state index contributed by atoms with van der Waals surface area (Å²) in [5.74, 6) is 0.859. The predicted molar refractivity (Wildman–Crippen MR) is 100 cm³/mol. The van der Waals surface area contributed by atoms with Gasteiger partial charge in [-0.05, 0) is 29.8 Å². The molecule has 2 aromatic heterocycles. The van der Waals surface area contributed by atoms with E-state index < -0.39 is 0 Å². The predicted octanol–water partition coefficient (Wildman–Crippen LogP) is 3.72. The van der Waals surface area contributed by atoms with Gasteiger partial charge < -0.3 is 9.40 Å². The van der Waals surface area contributed by atoms with Gasteiger partial charge in [0.1, 0.15) is 11.5 Å². The van der Waals surface area contributed by atoms with Crippen molar-refractivity contribution < 1.29 is 4.42 Å². The topological polar surface area (TPSA) is 62.1 Å². The van der Waals surface area contributed by atoms with Crippen LogP contribution in [0.15, 0.2) is 82.2 Å². The number of hydrogen-bond acceptors (Lipinski definition) is 4. The van der Waals surface area contributed by atoms with Crippen LogP contribution < -0.4 is 5.56 Å². The number of nitrogens with zero attached hydrogens (tertiary/aromatic N) is 2. The van der Waals surface area contributed by atoms with Crippen molar-refractivity contribution in [3.63, 3.8) is 0 Å². The molecular weight excluding hydrogens is 326 g/mol. The van der Waals surface area contributed by atoms with Gasteiger partial charge in [-0.1, -0.05) is 42.5 Å². The van der Waals surface area contributed by atoms with Gasteiger partial charge in [-0.15, -0.1) is 0 Å². The Morgan fingerprint density at radius 3 is 2.50 bits per heavy atom. The summed E-state index contributed by atoms with van der Waals surface area (Å²) in [6.45, 7) is 1.75. The van der Waals surface area contributed by atoms with E-state index in [0.29, 0.717) is 25.3 Å². The Morgan fingerprint density at radius 1 is 0.885 bits per heavy atom. The van der Waals surface area contributed by atoms with Crippen LogP contribution in [-0.2, 0) is 19.6 Å². The first kappa shape index (κ1) is 16.3. The standard InChI is InChI=1S/C21H19N3O2/c25-21-20(22-18-10-4-5-11-19(18)23-21)15-24(14-17-9-6-12-26-17)13-16-7-2-1-3-8-16/h1-12H,13-15H2,(H,23,25). The zero-order valence-corrected chi connectivity index (χ0v) is 14.3. The van der Waals surface area contributed by atoms with Crippen molar-refractivity contribution in [2.24, 2.45) is 0 Å². The number of rotatable bonds is 6. The molecule has 0 aliphatic heterocycles. The van der Waals surface area contributed by atoms with Crippen LogP contribution in [0, 0.1) is 0 Å². The zero-order chi connectivity index (χ0) is 17.8. The van der Waals surface area contributed by atoms with Gasteiger partial charge in [-0.3, -0.25) is 9.69 Å². The first-order valence-corrected chi connectivity index (χ1v) is 8.54. The molecule has 0 aliphatic rings. The lowest BCUT2D eigenvalue weighted by molar-refractivity contribution is 0.223. The zero-order valence-electron chi connectivity index (χ0n) is 14.3. The average Bonchev–Trinajstić information content (AvgIpc) is 3.16. The molecule has 0 amide bonds. The van der Waals surface area contributed by atoms with E-state index in [-0.39, 0.29) is 5.56 Å². The molecule has 2 heterocycles. The molecule has 4 aromatic rings. The second kappa shape index (κ2) is 7.37. The molecule has 0 saturated carbocycles. The molecule has 4 rings (SSSR count). The molecule has 0 spiro atoms. The maximum atomic E-state index is 12.5. The molecule has 0 atom stereocenters. The minimum absolute atomic E-state index is 0.152. The lowest BCUT2D eigenvalue weighted by atomic mass is 10.2. The van der Waals surface area contributed by atoms with Crippen molar-refractivity contribution in [3.8, 4) is 0 Å². The van der Waals surface area contributed by atoms with Crippen molar-refractivity contribution in [3.05, 3.63) is 100 Å². The number of para-hydroxylation sites is 2. The molecule has 130 valence electrons. The Balaban J connectivity index is 1.63. The molecule has 0 bridgehead atoms. The van der Waals surface area contributed by atoms with Gasteiger partial charge in [0.15, 0.2) is 0 Å². The summed E-state index contributed by atoms with van der Waals surface area (Å²) in [6, 6.07) is 21.6. The first-order chi connectivity index (χ1) is 12.8. The Morgan fingerprint density at radius 2 is 1.69 bits per heavy atom. The quantitative estimate of drug-likeness (QED) is 0.578. The third kappa shape index (κ3) is 3.73. The van der Waals surface area contributed by atoms with Crippen LogP contribution in [-0.4, -0.2) is 14.9 Å². The van der Waals surface area contributed by atoms with Crippen molar-refractivity contribution in [1.82, 2.24) is 14.9 Å². The summed E-state index contributed by atoms with van der Waals surface area (Å²) in [4.78, 5) is 22.1. The normalized spacial score (nSPS) is 11.3. The maximum Gasteiger partial charge on any atom is 0.271 e. The van der Waals surface area contributed by atoms with Crippen LogP contribution in [0.4, 0.5) is 0 Å². The van der Waals surface area contributed by atoms with Gasteiger partial charge in [0.25, 0.3) is 5.56 Å². The van der Waals surface area contributed by atoms with Crippen molar-refractivity contribution >= 4 is 11.0 Å². The van der Waals surface area contributed by atoms with E-state index in [9.17, 15) is 4.79 Å². The third-order valence-corrected chi connectivity index (χ3v) is 4.25. The highest BCUT2D eigenvalue weighted by Gasteiger charge is 2.14. The highest BCUT2D eigenvalue weighted by molar-refractivity contribution is 5.73. The number of benzene rings is 2. The molecule has 5 nitrogen and oxygen atoms in total. The number of furan rings is 1. The minimum atomic E-state index is -0.152. The van der Waals surface area contributed by atoms with Gasteiger partial charge in [-0.25, -0.2) is 4.98 Å². The fourth-order valence-corrected chi connectivity index (χ4v) is 3.02. The maximum absolute atomic E-state index is 12.5. The van der Waals surface area contributed by atoms with Crippen LogP contribution in [0.2, 0.25) is 0 Å². The Hall–Kier alpha value is -3.18. The molecule has 0 unspecified atom stereocenters. The summed E-state index contributed by atoms with van der Waals surface area (Å²) in [5.41, 5.74) is 3.07. The van der Waals surface area contributed by atoms with E-state index in [2.05, 4.69) is 27.0 Å². The number of aromatic amines is 1. The number of aromatic nitrogens is 2. The van der Waals surface area contributed by atoms with E-state index in [1.54, 1.807) is 6.26 Å². The second-order valence-electron chi connectivity index (χ2n) is 6.24. The molecule has 0 radical (unpaired) electrons. The van der Waals surface area contributed by atoms with Gasteiger partial charge >= 0.3 is 0 Å². The van der Waals surface area contributed by atoms with E-state index in [0.717, 1.165) is 16.8 Å². The summed E-state index contributed by atoms with van der Waals surface area (Å²) < 4.78 is 5.49. The van der Waals surface area contributed by atoms with Crippen LogP contribution in [0.1, 0.15) is 17.0 Å². The lowest BCUT2D eigenvalue weighted by Crippen LogP contribution is -2.27. The van der Waals surface area contributed by atoms with Crippen molar-refractivity contribution in [2.45, 2.75) is 19.6 Å². The highest BCUT2D eigenvalue weighted by Crippen LogP contribution is 2.14. The van der Waals surface area contributed by atoms with E-state index in [4.69, 9.17) is 4.42 Å². The molecule has 26 heavy (non-hydrogen) atoms. The molecule has 0 saturated heterocycles. The van der Waals surface area contributed by atoms with E-state index in [1.807, 2.05) is 54.6 Å². The largest absolute Gasteiger partial charge is 0.468 e. The highest BCUT2D eigenvalue weighted by atomic mass is 16.3. The van der Waals surface area contributed by atoms with Crippen LogP contribution in [0.3, 0.4) is 0 Å². The fraction of sp³-hybridized carbons (Fsp3) is 0.143. The fourth-order valence-electron chi connectivity index (χ4n) is 3.02. The van der Waals surface area contributed by atoms with E-state index in [1.165, 1.54) is 5.56 Å². The smallest absolute Gasteiger partial charge is 0.271 e. The summed E-state index contributed by atoms with van der Waals surface area (Å²) in [6.07, 6.45) is 1.66. The van der Waals surface area contributed by atoms with Gasteiger partial charge in [0, 0.05) is 13.1 Å². The number of hydrogen-bond donors (Lipinski definition) is 1. The number of fused-ring (bicyclic) bond motifs is 1. The lowest BCUT2D eigenvalue weighted by Gasteiger charge is -2.20. The van der Waals surface area contributed by atoms with Crippen molar-refractivity contribution in [1.29, 1.82) is 0 Å². The molecular formula is C21H19N3O2. The molecule has 2 aromatic carbocycles. The Labute approximate surface area is 150 Å². The monoisotopic (exact) mass is 345 g/mol. The summed E-state index contributed by atoms with van der Waals surface area (Å²) in [7, 11) is 0. The first-order valence-electron chi connectivity index (χ1n) is 8.54. The molecule has 1 N–H and O–H groups in total. The third-order valence-electron chi connectivity index (χ3n) is 4.25. The van der Waals surface area contributed by atoms with E-state index >= 15 is 0 Å². The van der Waals surface area contributed by atoms with Crippen LogP contribution in [0.5, 0.6) is 0 Å². The van der Waals surface area contributed by atoms with Gasteiger partial charge in [0.05, 0.1) is 23.8 Å². The summed E-state index contributed by atoms with van der Waals surface area (Å²) in [5, 5.41) is 0. The Bertz CT molecular complexity index is 1040. The second-order valence-corrected chi connectivity index (χ2v) is 6.24. The van der Waals surface area contributed by atoms with Gasteiger partial charge in [-0.2, -0.15) is 0 Å². The summed E-state index contributed by atoms with van der Waals surface area (Å²) >= 11 is 0. The molecule has 0 fully saturated rings. The molecule has 5 heteroatoms. The minimum Gasteiger partial charge on any atom is -0.468 e. The number of nitrogens with one attached hydrogen (secondary N) is 1. The average molecular weight is 345 g/mol. The van der Waals surface area contributed by atoms with Crippen LogP contribution >= 0.6 is 0 Å². The Kier molecular flexibility index (Phi) is 4.62. The number of H-pyrrole nitrogens is 1. The van der Waals surface area contributed by atoms with Crippen LogP contribution in [0.25, 0.3) is 11.0 Å². The molecule has 0 aliphatic carbocycles.